The van der Waals surface area contributed by atoms with Gasteiger partial charge >= 0.3 is 6.18 Å². The van der Waals surface area contributed by atoms with Crippen LogP contribution < -0.4 is 10.2 Å². The van der Waals surface area contributed by atoms with Gasteiger partial charge < -0.3 is 0 Å². The topological polar surface area (TPSA) is 49.4 Å². The molecule has 0 aromatic heterocycles. The largest absolute Gasteiger partial charge is 0.417 e. The van der Waals surface area contributed by atoms with Gasteiger partial charge in [-0.3, -0.25) is 19.8 Å². The van der Waals surface area contributed by atoms with Crippen LogP contribution in [0.15, 0.2) is 48.0 Å². The third-order valence-corrected chi connectivity index (χ3v) is 4.78. The van der Waals surface area contributed by atoms with Crippen LogP contribution in [-0.2, 0) is 15.8 Å². The summed E-state index contributed by atoms with van der Waals surface area (Å²) >= 11 is 16.7. The van der Waals surface area contributed by atoms with Gasteiger partial charge in [-0.15, -0.1) is 0 Å². The highest BCUT2D eigenvalue weighted by atomic mass is 35.5. The summed E-state index contributed by atoms with van der Waals surface area (Å²) in [7, 11) is 0. The lowest BCUT2D eigenvalue weighted by atomic mass is 10.0. The van der Waals surface area contributed by atoms with E-state index in [9.17, 15) is 22.8 Å². The number of benzene rings is 2. The summed E-state index contributed by atoms with van der Waals surface area (Å²) in [5, 5.41) is 1.99. The predicted octanol–water partition coefficient (Wildman–Crippen LogP) is 4.84. The summed E-state index contributed by atoms with van der Waals surface area (Å²) in [6, 6.07) is 9.28. The first-order valence-electron chi connectivity index (χ1n) is 7.62. The van der Waals surface area contributed by atoms with E-state index in [0.29, 0.717) is 10.7 Å². The van der Waals surface area contributed by atoms with E-state index < -0.39 is 34.1 Å². The van der Waals surface area contributed by atoms with Crippen molar-refractivity contribution in [2.45, 2.75) is 6.18 Å². The zero-order valence-electron chi connectivity index (χ0n) is 13.7. The second kappa shape index (κ2) is 7.54. The number of amides is 2. The molecule has 3 rings (SSSR count). The molecule has 1 aliphatic rings. The Bertz CT molecular complexity index is 1020. The van der Waals surface area contributed by atoms with Gasteiger partial charge in [-0.1, -0.05) is 35.3 Å². The summed E-state index contributed by atoms with van der Waals surface area (Å²) in [5.74, 6) is -1.64. The standard InChI is InChI=1S/C18H9Cl2F3N2O2S/c19-10-4-6-11(7-5-10)25-16(27)12(15(26)24-17(25)28)8-9-2-1-3-13(14(9)20)18(21,22)23/h1-8H,(H,24,26,28). The van der Waals surface area contributed by atoms with E-state index >= 15 is 0 Å². The minimum atomic E-state index is -4.68. The number of rotatable bonds is 2. The third kappa shape index (κ3) is 3.89. The van der Waals surface area contributed by atoms with Gasteiger partial charge in [-0.05, 0) is 54.2 Å². The van der Waals surface area contributed by atoms with Crippen molar-refractivity contribution >= 4 is 64.1 Å². The van der Waals surface area contributed by atoms with E-state index in [1.165, 1.54) is 30.3 Å². The van der Waals surface area contributed by atoms with Crippen LogP contribution in [0, 0.1) is 0 Å². The van der Waals surface area contributed by atoms with Gasteiger partial charge in [-0.25, -0.2) is 0 Å². The van der Waals surface area contributed by atoms with E-state index in [4.69, 9.17) is 35.4 Å². The maximum absolute atomic E-state index is 13.0. The molecule has 0 spiro atoms. The molecule has 10 heteroatoms. The average molecular weight is 445 g/mol. The Morgan fingerprint density at radius 3 is 2.29 bits per heavy atom. The van der Waals surface area contributed by atoms with Crippen molar-refractivity contribution in [2.75, 3.05) is 4.90 Å². The lowest BCUT2D eigenvalue weighted by Gasteiger charge is -2.29. The van der Waals surface area contributed by atoms with E-state index in [1.807, 2.05) is 0 Å². The van der Waals surface area contributed by atoms with E-state index in [1.54, 1.807) is 0 Å². The number of hydrogen-bond acceptors (Lipinski definition) is 3. The molecule has 1 N–H and O–H groups in total. The Morgan fingerprint density at radius 1 is 1.04 bits per heavy atom. The number of nitrogens with zero attached hydrogens (tertiary/aromatic N) is 1. The van der Waals surface area contributed by atoms with Crippen LogP contribution in [0.1, 0.15) is 11.1 Å². The zero-order valence-corrected chi connectivity index (χ0v) is 16.0. The summed E-state index contributed by atoms with van der Waals surface area (Å²) in [4.78, 5) is 26.1. The summed E-state index contributed by atoms with van der Waals surface area (Å²) in [5.41, 5.74) is -1.28. The van der Waals surface area contributed by atoms with Crippen molar-refractivity contribution in [2.24, 2.45) is 0 Å². The van der Waals surface area contributed by atoms with Gasteiger partial charge in [0.2, 0.25) is 0 Å². The fourth-order valence-electron chi connectivity index (χ4n) is 2.52. The third-order valence-electron chi connectivity index (χ3n) is 3.82. The van der Waals surface area contributed by atoms with Crippen LogP contribution in [-0.4, -0.2) is 16.9 Å². The Kier molecular flexibility index (Phi) is 5.47. The molecule has 0 aliphatic carbocycles. The molecule has 28 heavy (non-hydrogen) atoms. The second-order valence-corrected chi connectivity index (χ2v) is 6.84. The van der Waals surface area contributed by atoms with Gasteiger partial charge in [0.1, 0.15) is 5.57 Å². The molecule has 4 nitrogen and oxygen atoms in total. The molecular formula is C18H9Cl2F3N2O2S. The number of hydrogen-bond donors (Lipinski definition) is 1. The highest BCUT2D eigenvalue weighted by Crippen LogP contribution is 2.37. The summed E-state index contributed by atoms with van der Waals surface area (Å²) < 4.78 is 39.1. The molecule has 1 saturated heterocycles. The van der Waals surface area contributed by atoms with Crippen molar-refractivity contribution in [1.82, 2.24) is 5.32 Å². The molecule has 1 fully saturated rings. The molecule has 1 aliphatic heterocycles. The van der Waals surface area contributed by atoms with Crippen molar-refractivity contribution in [3.63, 3.8) is 0 Å². The number of carbonyl (C=O) groups excluding carboxylic acids is 2. The van der Waals surface area contributed by atoms with Crippen molar-refractivity contribution < 1.29 is 22.8 Å². The normalized spacial score (nSPS) is 16.5. The number of anilines is 1. The maximum atomic E-state index is 13.0. The van der Waals surface area contributed by atoms with E-state index in [-0.39, 0.29) is 10.7 Å². The first-order chi connectivity index (χ1) is 13.1. The molecule has 2 amide bonds. The fourth-order valence-corrected chi connectivity index (χ4v) is 3.21. The zero-order chi connectivity index (χ0) is 20.6. The van der Waals surface area contributed by atoms with Crippen LogP contribution in [0.4, 0.5) is 18.9 Å². The highest BCUT2D eigenvalue weighted by molar-refractivity contribution is 7.80. The van der Waals surface area contributed by atoms with Gasteiger partial charge in [0.25, 0.3) is 11.8 Å². The van der Waals surface area contributed by atoms with Crippen LogP contribution in [0.5, 0.6) is 0 Å². The van der Waals surface area contributed by atoms with E-state index in [0.717, 1.165) is 23.1 Å². The fraction of sp³-hybridized carbons (Fsp3) is 0.0556. The number of thiocarbonyl (C=S) groups is 1. The quantitative estimate of drug-likeness (QED) is 0.409. The minimum absolute atomic E-state index is 0.126. The number of nitrogens with one attached hydrogen (secondary N) is 1. The number of halogens is 5. The van der Waals surface area contributed by atoms with E-state index in [2.05, 4.69) is 5.32 Å². The Morgan fingerprint density at radius 2 is 1.68 bits per heavy atom. The van der Waals surface area contributed by atoms with Crippen LogP contribution in [0.3, 0.4) is 0 Å². The number of alkyl halides is 3. The van der Waals surface area contributed by atoms with Crippen molar-refractivity contribution in [1.29, 1.82) is 0 Å². The van der Waals surface area contributed by atoms with Crippen LogP contribution in [0.2, 0.25) is 10.0 Å². The van der Waals surface area contributed by atoms with Gasteiger partial charge in [0, 0.05) is 5.02 Å². The Balaban J connectivity index is 2.06. The molecule has 2 aromatic carbocycles. The van der Waals surface area contributed by atoms with Gasteiger partial charge in [0.05, 0.1) is 16.3 Å². The SMILES string of the molecule is O=C1NC(=S)N(c2ccc(Cl)cc2)C(=O)C1=Cc1cccc(C(F)(F)F)c1Cl. The van der Waals surface area contributed by atoms with Crippen LogP contribution in [0.25, 0.3) is 6.08 Å². The van der Waals surface area contributed by atoms with Crippen molar-refractivity contribution in [3.05, 3.63) is 69.2 Å². The lowest BCUT2D eigenvalue weighted by molar-refractivity contribution is -0.137. The molecule has 0 atom stereocenters. The second-order valence-electron chi connectivity index (χ2n) is 5.64. The molecule has 0 saturated carbocycles. The first kappa shape index (κ1) is 20.3. The first-order valence-corrected chi connectivity index (χ1v) is 8.79. The summed E-state index contributed by atoms with van der Waals surface area (Å²) in [6.45, 7) is 0. The molecule has 144 valence electrons. The highest BCUT2D eigenvalue weighted by Gasteiger charge is 2.36. The van der Waals surface area contributed by atoms with Gasteiger partial charge in [-0.2, -0.15) is 13.2 Å². The summed E-state index contributed by atoms with van der Waals surface area (Å²) in [6.07, 6.45) is -3.68. The minimum Gasteiger partial charge on any atom is -0.298 e. The molecule has 1 heterocycles. The maximum Gasteiger partial charge on any atom is 0.417 e. The predicted molar refractivity (Wildman–Crippen MR) is 104 cm³/mol. The Hall–Kier alpha value is -2.42. The molecule has 0 unspecified atom stereocenters. The van der Waals surface area contributed by atoms with Crippen LogP contribution >= 0.6 is 35.4 Å². The smallest absolute Gasteiger partial charge is 0.298 e. The number of carbonyl (C=O) groups is 2. The molecule has 0 bridgehead atoms. The average Bonchev–Trinajstić information content (AvgIpc) is 2.60. The molecule has 0 radical (unpaired) electrons. The molecule has 2 aromatic rings. The lowest BCUT2D eigenvalue weighted by Crippen LogP contribution is -2.54. The van der Waals surface area contributed by atoms with Gasteiger partial charge in [0.15, 0.2) is 5.11 Å². The molecular weight excluding hydrogens is 436 g/mol. The Labute approximate surface area is 172 Å². The van der Waals surface area contributed by atoms with Crippen molar-refractivity contribution in [3.8, 4) is 0 Å². The monoisotopic (exact) mass is 444 g/mol.